The summed E-state index contributed by atoms with van der Waals surface area (Å²) >= 11 is 0. The number of nitrogens with zero attached hydrogens (tertiary/aromatic N) is 1. The van der Waals surface area contributed by atoms with E-state index in [9.17, 15) is 8.42 Å². The Balaban J connectivity index is 2.57. The topological polar surface area (TPSA) is 72.6 Å². The van der Waals surface area contributed by atoms with E-state index in [0.29, 0.717) is 19.7 Å². The van der Waals surface area contributed by atoms with E-state index in [4.69, 9.17) is 9.88 Å². The Morgan fingerprint density at radius 3 is 2.53 bits per heavy atom. The van der Waals surface area contributed by atoms with Gasteiger partial charge in [0.15, 0.2) is 0 Å². The van der Waals surface area contributed by atoms with Gasteiger partial charge in [-0.25, -0.2) is 5.14 Å². The van der Waals surface area contributed by atoms with Crippen molar-refractivity contribution in [3.63, 3.8) is 0 Å². The first kappa shape index (κ1) is 12.9. The maximum absolute atomic E-state index is 11.1. The van der Waals surface area contributed by atoms with E-state index in [1.54, 1.807) is 0 Å². The first-order valence-corrected chi connectivity index (χ1v) is 6.58. The van der Waals surface area contributed by atoms with Crippen molar-refractivity contribution in [1.82, 2.24) is 4.31 Å². The molecular weight excluding hydrogens is 216 g/mol. The minimum absolute atomic E-state index is 0.0444. The molecule has 5 nitrogen and oxygen atoms in total. The van der Waals surface area contributed by atoms with Crippen molar-refractivity contribution in [3.8, 4) is 0 Å². The summed E-state index contributed by atoms with van der Waals surface area (Å²) in [6, 6.07) is 0. The average Bonchev–Trinajstić information content (AvgIpc) is 1.99. The molecule has 15 heavy (non-hydrogen) atoms. The molecule has 0 radical (unpaired) electrons. The van der Waals surface area contributed by atoms with E-state index in [1.165, 1.54) is 4.31 Å². The minimum atomic E-state index is -3.56. The highest BCUT2D eigenvalue weighted by molar-refractivity contribution is 7.86. The fourth-order valence-electron chi connectivity index (χ4n) is 1.73. The highest BCUT2D eigenvalue weighted by Crippen LogP contribution is 2.24. The Hall–Kier alpha value is -0.170. The van der Waals surface area contributed by atoms with Crippen LogP contribution in [0.1, 0.15) is 27.2 Å². The smallest absolute Gasteiger partial charge is 0.277 e. The zero-order chi connectivity index (χ0) is 11.7. The van der Waals surface area contributed by atoms with E-state index in [-0.39, 0.29) is 11.5 Å². The molecule has 1 aliphatic heterocycles. The molecule has 0 amide bonds. The molecule has 0 aromatic carbocycles. The fourth-order valence-corrected chi connectivity index (χ4v) is 2.43. The maximum Gasteiger partial charge on any atom is 0.277 e. The largest absolute Gasteiger partial charge is 0.375 e. The van der Waals surface area contributed by atoms with Gasteiger partial charge in [-0.05, 0) is 11.8 Å². The zero-order valence-electron chi connectivity index (χ0n) is 9.56. The molecule has 0 saturated carbocycles. The van der Waals surface area contributed by atoms with E-state index in [2.05, 4.69) is 20.8 Å². The highest BCUT2D eigenvalue weighted by Gasteiger charge is 2.29. The van der Waals surface area contributed by atoms with Crippen LogP contribution >= 0.6 is 0 Å². The van der Waals surface area contributed by atoms with Crippen molar-refractivity contribution in [2.75, 3.05) is 19.7 Å². The van der Waals surface area contributed by atoms with Crippen LogP contribution in [0, 0.1) is 5.41 Å². The summed E-state index contributed by atoms with van der Waals surface area (Å²) in [4.78, 5) is 0. The molecule has 1 aliphatic rings. The summed E-state index contributed by atoms with van der Waals surface area (Å²) in [6.07, 6.45) is 0.788. The molecule has 1 rings (SSSR count). The molecular formula is C9H20N2O3S. The third kappa shape index (κ3) is 4.46. The van der Waals surface area contributed by atoms with Gasteiger partial charge in [-0.2, -0.15) is 12.7 Å². The predicted molar refractivity (Wildman–Crippen MR) is 58.5 cm³/mol. The molecule has 1 saturated heterocycles. The van der Waals surface area contributed by atoms with Crippen molar-refractivity contribution in [1.29, 1.82) is 0 Å². The SMILES string of the molecule is CC(C)(C)CC1CN(S(N)(=O)=O)CCO1. The molecule has 1 heterocycles. The van der Waals surface area contributed by atoms with Gasteiger partial charge in [0, 0.05) is 13.1 Å². The molecule has 90 valence electrons. The van der Waals surface area contributed by atoms with Crippen LogP contribution in [0.4, 0.5) is 0 Å². The van der Waals surface area contributed by atoms with Gasteiger partial charge >= 0.3 is 0 Å². The summed E-state index contributed by atoms with van der Waals surface area (Å²) < 4.78 is 29.1. The van der Waals surface area contributed by atoms with Gasteiger partial charge in [0.1, 0.15) is 0 Å². The second kappa shape index (κ2) is 4.37. The van der Waals surface area contributed by atoms with Crippen molar-refractivity contribution in [2.45, 2.75) is 33.3 Å². The maximum atomic E-state index is 11.1. The summed E-state index contributed by atoms with van der Waals surface area (Å²) in [5, 5.41) is 5.08. The summed E-state index contributed by atoms with van der Waals surface area (Å²) in [7, 11) is -3.56. The van der Waals surface area contributed by atoms with E-state index in [0.717, 1.165) is 6.42 Å². The Morgan fingerprint density at radius 1 is 1.47 bits per heavy atom. The summed E-state index contributed by atoms with van der Waals surface area (Å²) in [5.41, 5.74) is 0.131. The van der Waals surface area contributed by atoms with Crippen LogP contribution in [0.15, 0.2) is 0 Å². The second-order valence-corrected chi connectivity index (χ2v) is 6.71. The monoisotopic (exact) mass is 236 g/mol. The number of nitrogens with two attached hydrogens (primary N) is 1. The molecule has 0 spiro atoms. The number of ether oxygens (including phenoxy) is 1. The van der Waals surface area contributed by atoms with E-state index < -0.39 is 10.2 Å². The molecule has 2 N–H and O–H groups in total. The molecule has 0 bridgehead atoms. The Bertz CT molecular complexity index is 308. The Kier molecular flexibility index (Phi) is 3.76. The summed E-state index contributed by atoms with van der Waals surface area (Å²) in [6.45, 7) is 7.47. The fraction of sp³-hybridized carbons (Fsp3) is 1.00. The lowest BCUT2D eigenvalue weighted by atomic mass is 9.89. The predicted octanol–water partition coefficient (Wildman–Crippen LogP) is 0.327. The van der Waals surface area contributed by atoms with E-state index >= 15 is 0 Å². The van der Waals surface area contributed by atoms with Gasteiger partial charge in [0.05, 0.1) is 12.7 Å². The lowest BCUT2D eigenvalue weighted by Crippen LogP contribution is -2.48. The highest BCUT2D eigenvalue weighted by atomic mass is 32.2. The lowest BCUT2D eigenvalue weighted by Gasteiger charge is -2.34. The molecule has 6 heteroatoms. The number of morpholine rings is 1. The molecule has 0 aromatic heterocycles. The molecule has 0 aromatic rings. The van der Waals surface area contributed by atoms with Crippen molar-refractivity contribution in [3.05, 3.63) is 0 Å². The molecule has 1 atom stereocenters. The first-order valence-electron chi connectivity index (χ1n) is 5.08. The van der Waals surface area contributed by atoms with Crippen LogP contribution in [0.2, 0.25) is 0 Å². The normalized spacial score (nSPS) is 25.5. The van der Waals surface area contributed by atoms with Gasteiger partial charge in [-0.15, -0.1) is 0 Å². The molecule has 0 aliphatic carbocycles. The van der Waals surface area contributed by atoms with Gasteiger partial charge < -0.3 is 4.74 Å². The van der Waals surface area contributed by atoms with Crippen LogP contribution in [-0.4, -0.2) is 38.5 Å². The van der Waals surface area contributed by atoms with Crippen LogP contribution in [0.5, 0.6) is 0 Å². The molecule has 1 fully saturated rings. The van der Waals surface area contributed by atoms with E-state index in [1.807, 2.05) is 0 Å². The van der Waals surface area contributed by atoms with Crippen molar-refractivity contribution in [2.24, 2.45) is 10.6 Å². The minimum Gasteiger partial charge on any atom is -0.375 e. The lowest BCUT2D eigenvalue weighted by molar-refractivity contribution is -0.0216. The number of rotatable bonds is 2. The third-order valence-electron chi connectivity index (χ3n) is 2.30. The van der Waals surface area contributed by atoms with Gasteiger partial charge in [-0.3, -0.25) is 0 Å². The standard InChI is InChI=1S/C9H20N2O3S/c1-9(2,3)6-8-7-11(4-5-14-8)15(10,12)13/h8H,4-7H2,1-3H3,(H2,10,12,13). The van der Waals surface area contributed by atoms with Crippen molar-refractivity contribution < 1.29 is 13.2 Å². The molecule has 1 unspecified atom stereocenters. The van der Waals surface area contributed by atoms with Crippen LogP contribution in [0.25, 0.3) is 0 Å². The number of hydrogen-bond donors (Lipinski definition) is 1. The van der Waals surface area contributed by atoms with Crippen LogP contribution in [-0.2, 0) is 14.9 Å². The zero-order valence-corrected chi connectivity index (χ0v) is 10.4. The first-order chi connectivity index (χ1) is 6.68. The van der Waals surface area contributed by atoms with Crippen LogP contribution < -0.4 is 5.14 Å². The Labute approximate surface area is 91.8 Å². The Morgan fingerprint density at radius 2 is 2.07 bits per heavy atom. The van der Waals surface area contributed by atoms with Gasteiger partial charge in [0.25, 0.3) is 10.2 Å². The van der Waals surface area contributed by atoms with Gasteiger partial charge in [-0.1, -0.05) is 20.8 Å². The van der Waals surface area contributed by atoms with Crippen molar-refractivity contribution >= 4 is 10.2 Å². The van der Waals surface area contributed by atoms with Gasteiger partial charge in [0.2, 0.25) is 0 Å². The van der Waals surface area contributed by atoms with Crippen LogP contribution in [0.3, 0.4) is 0 Å². The second-order valence-electron chi connectivity index (χ2n) is 5.16. The third-order valence-corrected chi connectivity index (χ3v) is 3.35. The number of hydrogen-bond acceptors (Lipinski definition) is 3. The average molecular weight is 236 g/mol. The summed E-state index contributed by atoms with van der Waals surface area (Å²) in [5.74, 6) is 0. The quantitative estimate of drug-likeness (QED) is 0.751.